The van der Waals surface area contributed by atoms with Crippen molar-refractivity contribution in [3.05, 3.63) is 60.9 Å². The second-order valence-corrected chi connectivity index (χ2v) is 7.66. The highest BCUT2D eigenvalue weighted by Crippen LogP contribution is 2.27. The SMILES string of the molecule is CS(=O)(=O)Nc1cccc(Nc2ncc(-c3ccc4nnccc4c3)o2)c1. The summed E-state index contributed by atoms with van der Waals surface area (Å²) in [4.78, 5) is 4.23. The standard InChI is InChI=1S/C18H15N5O3S/c1-27(24,25)23-15-4-2-3-14(10-15)21-18-19-11-17(26-18)13-5-6-16-12(9-13)7-8-20-22-16/h2-11,23H,1H3,(H,19,21). The summed E-state index contributed by atoms with van der Waals surface area (Å²) in [7, 11) is -3.34. The molecule has 2 aromatic heterocycles. The van der Waals surface area contributed by atoms with E-state index in [4.69, 9.17) is 4.42 Å². The molecule has 2 heterocycles. The zero-order valence-electron chi connectivity index (χ0n) is 14.2. The van der Waals surface area contributed by atoms with Gasteiger partial charge in [0.1, 0.15) is 0 Å². The molecule has 0 bridgehead atoms. The van der Waals surface area contributed by atoms with Gasteiger partial charge in [0.25, 0.3) is 6.01 Å². The van der Waals surface area contributed by atoms with Crippen molar-refractivity contribution in [1.82, 2.24) is 15.2 Å². The second kappa shape index (κ2) is 6.69. The summed E-state index contributed by atoms with van der Waals surface area (Å²) in [6, 6.07) is 14.7. The average Bonchev–Trinajstić information content (AvgIpc) is 3.08. The molecule has 2 aromatic carbocycles. The van der Waals surface area contributed by atoms with Crippen LogP contribution in [0.5, 0.6) is 0 Å². The van der Waals surface area contributed by atoms with Crippen LogP contribution in [-0.4, -0.2) is 29.9 Å². The highest BCUT2D eigenvalue weighted by atomic mass is 32.2. The molecular weight excluding hydrogens is 366 g/mol. The summed E-state index contributed by atoms with van der Waals surface area (Å²) >= 11 is 0. The first-order chi connectivity index (χ1) is 13.0. The first-order valence-electron chi connectivity index (χ1n) is 7.99. The van der Waals surface area contributed by atoms with Crippen LogP contribution in [0.3, 0.4) is 0 Å². The molecule has 0 amide bonds. The van der Waals surface area contributed by atoms with Gasteiger partial charge in [-0.1, -0.05) is 6.07 Å². The Morgan fingerprint density at radius 1 is 1.04 bits per heavy atom. The number of hydrogen-bond acceptors (Lipinski definition) is 7. The van der Waals surface area contributed by atoms with E-state index in [-0.39, 0.29) is 0 Å². The number of benzene rings is 2. The van der Waals surface area contributed by atoms with Crippen LogP contribution in [0.4, 0.5) is 17.4 Å². The number of anilines is 3. The van der Waals surface area contributed by atoms with Crippen molar-refractivity contribution < 1.29 is 12.8 Å². The number of sulfonamides is 1. The molecule has 0 aliphatic heterocycles. The van der Waals surface area contributed by atoms with Crippen LogP contribution in [0, 0.1) is 0 Å². The van der Waals surface area contributed by atoms with Crippen molar-refractivity contribution in [1.29, 1.82) is 0 Å². The van der Waals surface area contributed by atoms with E-state index in [1.807, 2.05) is 24.3 Å². The number of rotatable bonds is 5. The predicted octanol–water partition coefficient (Wildman–Crippen LogP) is 3.40. The van der Waals surface area contributed by atoms with Crippen molar-refractivity contribution in [2.75, 3.05) is 16.3 Å². The maximum absolute atomic E-state index is 11.4. The summed E-state index contributed by atoms with van der Waals surface area (Å²) in [6.07, 6.45) is 4.36. The van der Waals surface area contributed by atoms with E-state index >= 15 is 0 Å². The van der Waals surface area contributed by atoms with E-state index in [2.05, 4.69) is 25.2 Å². The molecule has 136 valence electrons. The van der Waals surface area contributed by atoms with Crippen molar-refractivity contribution in [3.63, 3.8) is 0 Å². The van der Waals surface area contributed by atoms with E-state index in [1.54, 1.807) is 36.7 Å². The van der Waals surface area contributed by atoms with Gasteiger partial charge in [-0.15, -0.1) is 0 Å². The number of fused-ring (bicyclic) bond motifs is 1. The van der Waals surface area contributed by atoms with Gasteiger partial charge in [0, 0.05) is 16.6 Å². The number of aromatic nitrogens is 3. The highest BCUT2D eigenvalue weighted by molar-refractivity contribution is 7.92. The summed E-state index contributed by atoms with van der Waals surface area (Å²) in [5.74, 6) is 0.599. The second-order valence-electron chi connectivity index (χ2n) is 5.91. The van der Waals surface area contributed by atoms with Crippen LogP contribution < -0.4 is 10.0 Å². The molecule has 0 saturated carbocycles. The molecule has 4 rings (SSSR count). The number of nitrogens with zero attached hydrogens (tertiary/aromatic N) is 3. The number of hydrogen-bond donors (Lipinski definition) is 2. The predicted molar refractivity (Wildman–Crippen MR) is 103 cm³/mol. The molecule has 9 heteroatoms. The lowest BCUT2D eigenvalue weighted by molar-refractivity contribution is 0.592. The molecule has 0 spiro atoms. The van der Waals surface area contributed by atoms with E-state index in [0.29, 0.717) is 23.1 Å². The lowest BCUT2D eigenvalue weighted by Crippen LogP contribution is -2.09. The lowest BCUT2D eigenvalue weighted by Gasteiger charge is -2.06. The third kappa shape index (κ3) is 4.04. The molecular formula is C18H15N5O3S. The summed E-state index contributed by atoms with van der Waals surface area (Å²) in [6.45, 7) is 0. The Balaban J connectivity index is 1.56. The van der Waals surface area contributed by atoms with E-state index in [9.17, 15) is 8.42 Å². The van der Waals surface area contributed by atoms with Gasteiger partial charge in [-0.25, -0.2) is 13.4 Å². The van der Waals surface area contributed by atoms with Gasteiger partial charge in [-0.05, 0) is 42.5 Å². The van der Waals surface area contributed by atoms with E-state index in [1.165, 1.54) is 0 Å². The minimum atomic E-state index is -3.34. The van der Waals surface area contributed by atoms with Crippen LogP contribution in [0.25, 0.3) is 22.2 Å². The molecule has 0 aliphatic carbocycles. The molecule has 8 nitrogen and oxygen atoms in total. The third-order valence-corrected chi connectivity index (χ3v) is 4.33. The van der Waals surface area contributed by atoms with Crippen LogP contribution in [-0.2, 0) is 10.0 Å². The monoisotopic (exact) mass is 381 g/mol. The topological polar surface area (TPSA) is 110 Å². The fourth-order valence-corrected chi connectivity index (χ4v) is 3.16. The molecule has 0 radical (unpaired) electrons. The molecule has 4 aromatic rings. The fraction of sp³-hybridized carbons (Fsp3) is 0.0556. The molecule has 0 saturated heterocycles. The first kappa shape index (κ1) is 17.0. The summed E-state index contributed by atoms with van der Waals surface area (Å²) < 4.78 is 30.9. The average molecular weight is 381 g/mol. The normalized spacial score (nSPS) is 11.4. The molecule has 0 fully saturated rings. The molecule has 0 atom stereocenters. The van der Waals surface area contributed by atoms with Crippen LogP contribution >= 0.6 is 0 Å². The van der Waals surface area contributed by atoms with Gasteiger partial charge in [0.2, 0.25) is 10.0 Å². The van der Waals surface area contributed by atoms with Gasteiger partial charge >= 0.3 is 0 Å². The van der Waals surface area contributed by atoms with Gasteiger partial charge in [-0.3, -0.25) is 4.72 Å². The fourth-order valence-electron chi connectivity index (χ4n) is 2.60. The van der Waals surface area contributed by atoms with Gasteiger partial charge in [0.15, 0.2) is 5.76 Å². The van der Waals surface area contributed by atoms with Crippen molar-refractivity contribution >= 4 is 38.3 Å². The molecule has 2 N–H and O–H groups in total. The Hall–Kier alpha value is -3.46. The lowest BCUT2D eigenvalue weighted by atomic mass is 10.1. The number of nitrogens with one attached hydrogen (secondary N) is 2. The Kier molecular flexibility index (Phi) is 4.21. The smallest absolute Gasteiger partial charge is 0.299 e. The third-order valence-electron chi connectivity index (χ3n) is 3.72. The van der Waals surface area contributed by atoms with E-state index in [0.717, 1.165) is 22.7 Å². The molecule has 27 heavy (non-hydrogen) atoms. The van der Waals surface area contributed by atoms with Crippen molar-refractivity contribution in [3.8, 4) is 11.3 Å². The first-order valence-corrected chi connectivity index (χ1v) is 9.88. The van der Waals surface area contributed by atoms with Crippen LogP contribution in [0.2, 0.25) is 0 Å². The number of oxazole rings is 1. The molecule has 0 aliphatic rings. The Morgan fingerprint density at radius 3 is 2.74 bits per heavy atom. The highest BCUT2D eigenvalue weighted by Gasteiger charge is 2.09. The van der Waals surface area contributed by atoms with Crippen LogP contribution in [0.15, 0.2) is 65.3 Å². The van der Waals surface area contributed by atoms with Crippen molar-refractivity contribution in [2.24, 2.45) is 0 Å². The minimum absolute atomic E-state index is 0.300. The minimum Gasteiger partial charge on any atom is -0.423 e. The Labute approximate surface area is 155 Å². The zero-order valence-corrected chi connectivity index (χ0v) is 15.1. The quantitative estimate of drug-likeness (QED) is 0.545. The molecule has 0 unspecified atom stereocenters. The van der Waals surface area contributed by atoms with Crippen LogP contribution in [0.1, 0.15) is 0 Å². The van der Waals surface area contributed by atoms with Crippen molar-refractivity contribution in [2.45, 2.75) is 0 Å². The van der Waals surface area contributed by atoms with Gasteiger partial charge in [0.05, 0.1) is 29.9 Å². The Bertz CT molecular complexity index is 1220. The summed E-state index contributed by atoms with van der Waals surface area (Å²) in [5.41, 5.74) is 2.76. The van der Waals surface area contributed by atoms with E-state index < -0.39 is 10.0 Å². The van der Waals surface area contributed by atoms with Gasteiger partial charge < -0.3 is 9.73 Å². The largest absolute Gasteiger partial charge is 0.423 e. The maximum Gasteiger partial charge on any atom is 0.299 e. The maximum atomic E-state index is 11.4. The Morgan fingerprint density at radius 2 is 1.89 bits per heavy atom. The zero-order chi connectivity index (χ0) is 18.9. The summed E-state index contributed by atoms with van der Waals surface area (Å²) in [5, 5.41) is 11.9. The van der Waals surface area contributed by atoms with Gasteiger partial charge in [-0.2, -0.15) is 10.2 Å².